The predicted molar refractivity (Wildman–Crippen MR) is 83.1 cm³/mol. The Balaban J connectivity index is 2.87. The Labute approximate surface area is 125 Å². The standard InChI is InChI=1S/C15H23N3O3/c1-9(2)8-17-14(19)10(3)18-13-11(15(20)21-4)6-5-7-12(13)16/h5-7,9-10,18H,8,16H2,1-4H3,(H,17,19). The monoisotopic (exact) mass is 293 g/mol. The molecule has 6 nitrogen and oxygen atoms in total. The van der Waals surface area contributed by atoms with Crippen LogP contribution in [0.4, 0.5) is 11.4 Å². The molecule has 0 saturated heterocycles. The highest BCUT2D eigenvalue weighted by molar-refractivity contribution is 5.99. The van der Waals surface area contributed by atoms with E-state index in [0.717, 1.165) is 0 Å². The number of esters is 1. The van der Waals surface area contributed by atoms with Gasteiger partial charge in [0.2, 0.25) is 5.91 Å². The Morgan fingerprint density at radius 2 is 1.95 bits per heavy atom. The zero-order valence-corrected chi connectivity index (χ0v) is 12.9. The van der Waals surface area contributed by atoms with Crippen molar-refractivity contribution in [3.63, 3.8) is 0 Å². The predicted octanol–water partition coefficient (Wildman–Crippen LogP) is 1.63. The molecule has 1 aromatic rings. The van der Waals surface area contributed by atoms with Crippen LogP contribution in [0.1, 0.15) is 31.1 Å². The fraction of sp³-hybridized carbons (Fsp3) is 0.467. The van der Waals surface area contributed by atoms with Gasteiger partial charge in [-0.25, -0.2) is 4.79 Å². The number of para-hydroxylation sites is 1. The molecule has 6 heteroatoms. The molecule has 0 aliphatic rings. The fourth-order valence-electron chi connectivity index (χ4n) is 1.75. The van der Waals surface area contributed by atoms with Gasteiger partial charge < -0.3 is 21.1 Å². The minimum absolute atomic E-state index is 0.150. The number of anilines is 2. The Morgan fingerprint density at radius 3 is 2.52 bits per heavy atom. The van der Waals surface area contributed by atoms with Crippen LogP contribution in [0.15, 0.2) is 18.2 Å². The maximum Gasteiger partial charge on any atom is 0.340 e. The summed E-state index contributed by atoms with van der Waals surface area (Å²) < 4.78 is 4.72. The lowest BCUT2D eigenvalue weighted by Crippen LogP contribution is -2.39. The number of methoxy groups -OCH3 is 1. The van der Waals surface area contributed by atoms with Crippen molar-refractivity contribution >= 4 is 23.3 Å². The Morgan fingerprint density at radius 1 is 1.29 bits per heavy atom. The molecule has 1 atom stereocenters. The third-order valence-corrected chi connectivity index (χ3v) is 2.94. The van der Waals surface area contributed by atoms with E-state index < -0.39 is 12.0 Å². The van der Waals surface area contributed by atoms with Crippen LogP contribution in [-0.2, 0) is 9.53 Å². The van der Waals surface area contributed by atoms with Crippen molar-refractivity contribution in [1.82, 2.24) is 5.32 Å². The van der Waals surface area contributed by atoms with E-state index in [0.29, 0.717) is 29.4 Å². The van der Waals surface area contributed by atoms with E-state index in [1.54, 1.807) is 25.1 Å². The van der Waals surface area contributed by atoms with Crippen molar-refractivity contribution in [2.75, 3.05) is 24.7 Å². The maximum atomic E-state index is 12.0. The summed E-state index contributed by atoms with van der Waals surface area (Å²) in [6.45, 7) is 6.34. The zero-order chi connectivity index (χ0) is 16.0. The van der Waals surface area contributed by atoms with Crippen LogP contribution in [0.3, 0.4) is 0 Å². The van der Waals surface area contributed by atoms with Gasteiger partial charge in [0.15, 0.2) is 0 Å². The van der Waals surface area contributed by atoms with Gasteiger partial charge in [0.05, 0.1) is 24.0 Å². The maximum absolute atomic E-state index is 12.0. The van der Waals surface area contributed by atoms with Gasteiger partial charge in [-0.3, -0.25) is 4.79 Å². The molecule has 0 bridgehead atoms. The van der Waals surface area contributed by atoms with Crippen molar-refractivity contribution in [2.24, 2.45) is 5.92 Å². The number of hydrogen-bond donors (Lipinski definition) is 3. The molecule has 0 aliphatic carbocycles. The highest BCUT2D eigenvalue weighted by atomic mass is 16.5. The van der Waals surface area contributed by atoms with Gasteiger partial charge in [-0.2, -0.15) is 0 Å². The molecule has 0 aliphatic heterocycles. The van der Waals surface area contributed by atoms with Crippen LogP contribution in [0.2, 0.25) is 0 Å². The molecule has 1 amide bonds. The molecule has 1 aromatic carbocycles. The Kier molecular flexibility index (Phi) is 6.02. The average Bonchev–Trinajstić information content (AvgIpc) is 2.45. The molecule has 0 aromatic heterocycles. The molecule has 0 radical (unpaired) electrons. The lowest BCUT2D eigenvalue weighted by atomic mass is 10.1. The van der Waals surface area contributed by atoms with Crippen molar-refractivity contribution in [1.29, 1.82) is 0 Å². The fourth-order valence-corrected chi connectivity index (χ4v) is 1.75. The van der Waals surface area contributed by atoms with Gasteiger partial charge in [0.1, 0.15) is 6.04 Å². The van der Waals surface area contributed by atoms with E-state index in [-0.39, 0.29) is 5.91 Å². The summed E-state index contributed by atoms with van der Waals surface area (Å²) in [5.74, 6) is -0.282. The first-order valence-electron chi connectivity index (χ1n) is 6.87. The number of carbonyl (C=O) groups is 2. The molecule has 1 rings (SSSR count). The third kappa shape index (κ3) is 4.66. The second-order valence-electron chi connectivity index (χ2n) is 5.27. The van der Waals surface area contributed by atoms with Crippen molar-refractivity contribution in [3.8, 4) is 0 Å². The summed E-state index contributed by atoms with van der Waals surface area (Å²) >= 11 is 0. The number of nitrogens with one attached hydrogen (secondary N) is 2. The van der Waals surface area contributed by atoms with Crippen LogP contribution in [0.25, 0.3) is 0 Å². The first-order chi connectivity index (χ1) is 9.86. The van der Waals surface area contributed by atoms with Gasteiger partial charge in [-0.05, 0) is 25.0 Å². The van der Waals surface area contributed by atoms with Gasteiger partial charge in [-0.1, -0.05) is 19.9 Å². The summed E-state index contributed by atoms with van der Waals surface area (Å²) in [5, 5.41) is 5.81. The normalized spacial score (nSPS) is 11.9. The lowest BCUT2D eigenvalue weighted by molar-refractivity contribution is -0.121. The van der Waals surface area contributed by atoms with E-state index in [2.05, 4.69) is 10.6 Å². The van der Waals surface area contributed by atoms with Gasteiger partial charge in [0, 0.05) is 6.54 Å². The second kappa shape index (κ2) is 7.52. The minimum atomic E-state index is -0.517. The number of carbonyl (C=O) groups excluding carboxylic acids is 2. The number of amides is 1. The average molecular weight is 293 g/mol. The second-order valence-corrected chi connectivity index (χ2v) is 5.27. The molecule has 0 heterocycles. The first-order valence-corrected chi connectivity index (χ1v) is 6.87. The smallest absolute Gasteiger partial charge is 0.340 e. The molecule has 21 heavy (non-hydrogen) atoms. The SMILES string of the molecule is COC(=O)c1cccc(N)c1NC(C)C(=O)NCC(C)C. The molecule has 116 valence electrons. The van der Waals surface area contributed by atoms with E-state index in [9.17, 15) is 9.59 Å². The number of benzene rings is 1. The van der Waals surface area contributed by atoms with Gasteiger partial charge in [0.25, 0.3) is 0 Å². The minimum Gasteiger partial charge on any atom is -0.465 e. The molecule has 0 saturated carbocycles. The van der Waals surface area contributed by atoms with Crippen LogP contribution < -0.4 is 16.4 Å². The van der Waals surface area contributed by atoms with Gasteiger partial charge in [-0.15, -0.1) is 0 Å². The number of nitrogens with two attached hydrogens (primary N) is 1. The van der Waals surface area contributed by atoms with Crippen molar-refractivity contribution in [3.05, 3.63) is 23.8 Å². The summed E-state index contributed by atoms with van der Waals surface area (Å²) in [6.07, 6.45) is 0. The van der Waals surface area contributed by atoms with E-state index >= 15 is 0 Å². The summed E-state index contributed by atoms with van der Waals surface area (Å²) in [5.41, 5.74) is 6.99. The van der Waals surface area contributed by atoms with Crippen molar-refractivity contribution < 1.29 is 14.3 Å². The molecule has 0 fully saturated rings. The number of rotatable bonds is 6. The highest BCUT2D eigenvalue weighted by Gasteiger charge is 2.19. The number of hydrogen-bond acceptors (Lipinski definition) is 5. The Hall–Kier alpha value is -2.24. The van der Waals surface area contributed by atoms with Crippen LogP contribution >= 0.6 is 0 Å². The molecule has 0 spiro atoms. The van der Waals surface area contributed by atoms with E-state index in [1.807, 2.05) is 13.8 Å². The van der Waals surface area contributed by atoms with Crippen LogP contribution in [0, 0.1) is 5.92 Å². The number of nitrogen functional groups attached to an aromatic ring is 1. The molecular weight excluding hydrogens is 270 g/mol. The van der Waals surface area contributed by atoms with Crippen LogP contribution in [0.5, 0.6) is 0 Å². The Bertz CT molecular complexity index is 515. The summed E-state index contributed by atoms with van der Waals surface area (Å²) in [4.78, 5) is 23.7. The third-order valence-electron chi connectivity index (χ3n) is 2.94. The van der Waals surface area contributed by atoms with Crippen molar-refractivity contribution in [2.45, 2.75) is 26.8 Å². The number of ether oxygens (including phenoxy) is 1. The molecule has 1 unspecified atom stereocenters. The topological polar surface area (TPSA) is 93.4 Å². The van der Waals surface area contributed by atoms with E-state index in [1.165, 1.54) is 7.11 Å². The molecular formula is C15H23N3O3. The zero-order valence-electron chi connectivity index (χ0n) is 12.9. The van der Waals surface area contributed by atoms with Gasteiger partial charge >= 0.3 is 5.97 Å². The van der Waals surface area contributed by atoms with E-state index in [4.69, 9.17) is 10.5 Å². The highest BCUT2D eigenvalue weighted by Crippen LogP contribution is 2.25. The summed E-state index contributed by atoms with van der Waals surface area (Å²) in [6, 6.07) is 4.41. The summed E-state index contributed by atoms with van der Waals surface area (Å²) in [7, 11) is 1.30. The first kappa shape index (κ1) is 16.8. The van der Waals surface area contributed by atoms with Crippen LogP contribution in [-0.4, -0.2) is 31.6 Å². The largest absolute Gasteiger partial charge is 0.465 e. The molecule has 4 N–H and O–H groups in total. The lowest BCUT2D eigenvalue weighted by Gasteiger charge is -2.19. The quantitative estimate of drug-likeness (QED) is 0.547.